The van der Waals surface area contributed by atoms with Crippen molar-refractivity contribution in [1.82, 2.24) is 19.6 Å². The fourth-order valence-corrected chi connectivity index (χ4v) is 6.08. The van der Waals surface area contributed by atoms with Crippen LogP contribution in [0.3, 0.4) is 0 Å². The van der Waals surface area contributed by atoms with Crippen LogP contribution in [0.15, 0.2) is 30.3 Å². The van der Waals surface area contributed by atoms with Crippen LogP contribution in [0.2, 0.25) is 5.02 Å². The second-order valence-corrected chi connectivity index (χ2v) is 9.89. The second kappa shape index (κ2) is 8.33. The first kappa shape index (κ1) is 20.0. The van der Waals surface area contributed by atoms with E-state index in [0.717, 1.165) is 58.7 Å². The molecule has 0 radical (unpaired) electrons. The molecule has 5 rings (SSSR count). The van der Waals surface area contributed by atoms with E-state index in [2.05, 4.69) is 10.00 Å². The van der Waals surface area contributed by atoms with Crippen molar-refractivity contribution in [2.24, 2.45) is 0 Å². The highest BCUT2D eigenvalue weighted by Crippen LogP contribution is 2.32. The van der Waals surface area contributed by atoms with Crippen LogP contribution in [0.25, 0.3) is 15.9 Å². The van der Waals surface area contributed by atoms with Crippen LogP contribution >= 0.6 is 22.9 Å². The van der Waals surface area contributed by atoms with Crippen molar-refractivity contribution in [2.45, 2.75) is 45.1 Å². The summed E-state index contributed by atoms with van der Waals surface area (Å²) in [5.41, 5.74) is 1.90. The Labute approximate surface area is 186 Å². The maximum Gasteiger partial charge on any atom is 0.264 e. The number of nitrogens with zero attached hydrogens (tertiary/aromatic N) is 4. The lowest BCUT2D eigenvalue weighted by Gasteiger charge is -2.40. The zero-order chi connectivity index (χ0) is 20.7. The first-order valence-corrected chi connectivity index (χ1v) is 12.1. The number of hydrogen-bond acceptors (Lipinski definition) is 4. The number of aromatic nitrogens is 2. The van der Waals surface area contributed by atoms with Gasteiger partial charge in [-0.2, -0.15) is 5.10 Å². The number of carbonyl (C=O) groups is 1. The van der Waals surface area contributed by atoms with Gasteiger partial charge in [-0.1, -0.05) is 30.9 Å². The molecule has 1 aliphatic carbocycles. The van der Waals surface area contributed by atoms with E-state index >= 15 is 0 Å². The molecule has 2 aromatic heterocycles. The number of fused-ring (bicyclic) bond motifs is 1. The molecule has 0 atom stereocenters. The molecule has 1 saturated carbocycles. The lowest BCUT2D eigenvalue weighted by atomic mass is 9.94. The summed E-state index contributed by atoms with van der Waals surface area (Å²) >= 11 is 7.57. The minimum Gasteiger partial charge on any atom is -0.335 e. The van der Waals surface area contributed by atoms with E-state index in [9.17, 15) is 4.79 Å². The van der Waals surface area contributed by atoms with Crippen molar-refractivity contribution in [1.29, 1.82) is 0 Å². The van der Waals surface area contributed by atoms with Gasteiger partial charge in [0.1, 0.15) is 4.83 Å². The number of rotatable bonds is 3. The summed E-state index contributed by atoms with van der Waals surface area (Å²) in [6.07, 6.45) is 6.74. The van der Waals surface area contributed by atoms with Gasteiger partial charge in [0.15, 0.2) is 0 Å². The van der Waals surface area contributed by atoms with Gasteiger partial charge in [-0.25, -0.2) is 4.68 Å². The standard InChI is InChI=1S/C23H27ClN4OS/c1-16-20-15-21(30-23(20)28(25-16)19-9-7-17(24)8-10-19)22(29)27-13-11-26(12-14-27)18-5-3-2-4-6-18/h7-10,15,18H,2-6,11-14H2,1H3. The Balaban J connectivity index is 1.33. The predicted molar refractivity (Wildman–Crippen MR) is 123 cm³/mol. The van der Waals surface area contributed by atoms with E-state index in [1.54, 1.807) is 0 Å². The van der Waals surface area contributed by atoms with Crippen LogP contribution in [0.4, 0.5) is 0 Å². The summed E-state index contributed by atoms with van der Waals surface area (Å²) < 4.78 is 1.92. The lowest BCUT2D eigenvalue weighted by Crippen LogP contribution is -2.52. The number of aryl methyl sites for hydroxylation is 1. The maximum absolute atomic E-state index is 13.2. The maximum atomic E-state index is 13.2. The average molecular weight is 443 g/mol. The van der Waals surface area contributed by atoms with Crippen molar-refractivity contribution < 1.29 is 4.79 Å². The fraction of sp³-hybridized carbons (Fsp3) is 0.478. The quantitative estimate of drug-likeness (QED) is 0.564. The highest BCUT2D eigenvalue weighted by molar-refractivity contribution is 7.20. The molecular formula is C23H27ClN4OS. The Bertz CT molecular complexity index is 1040. The number of halogens is 1. The van der Waals surface area contributed by atoms with Crippen molar-refractivity contribution >= 4 is 39.1 Å². The van der Waals surface area contributed by atoms with E-state index in [1.165, 1.54) is 43.4 Å². The molecule has 1 aliphatic heterocycles. The SMILES string of the molecule is Cc1nn(-c2ccc(Cl)cc2)c2sc(C(=O)N3CCN(C4CCCCC4)CC3)cc12. The highest BCUT2D eigenvalue weighted by atomic mass is 35.5. The van der Waals surface area contributed by atoms with Crippen LogP contribution in [0.1, 0.15) is 47.5 Å². The molecule has 2 aliphatic rings. The third-order valence-electron chi connectivity index (χ3n) is 6.52. The predicted octanol–water partition coefficient (Wildman–Crippen LogP) is 5.14. The summed E-state index contributed by atoms with van der Waals surface area (Å²) in [6.45, 7) is 5.65. The smallest absolute Gasteiger partial charge is 0.264 e. The molecule has 30 heavy (non-hydrogen) atoms. The molecule has 158 valence electrons. The lowest BCUT2D eigenvalue weighted by molar-refractivity contribution is 0.0527. The Morgan fingerprint density at radius 3 is 2.47 bits per heavy atom. The fourth-order valence-electron chi connectivity index (χ4n) is 4.80. The Morgan fingerprint density at radius 1 is 1.07 bits per heavy atom. The van der Waals surface area contributed by atoms with Gasteiger partial charge in [0, 0.05) is 42.6 Å². The summed E-state index contributed by atoms with van der Waals surface area (Å²) in [4.78, 5) is 19.7. The van der Waals surface area contributed by atoms with Crippen molar-refractivity contribution in [3.8, 4) is 5.69 Å². The number of thiophene rings is 1. The molecule has 3 aromatic rings. The van der Waals surface area contributed by atoms with Gasteiger partial charge in [-0.3, -0.25) is 9.69 Å². The highest BCUT2D eigenvalue weighted by Gasteiger charge is 2.28. The molecule has 0 spiro atoms. The number of carbonyl (C=O) groups excluding carboxylic acids is 1. The minimum absolute atomic E-state index is 0.154. The van der Waals surface area contributed by atoms with Crippen molar-refractivity contribution in [2.75, 3.05) is 26.2 Å². The van der Waals surface area contributed by atoms with Gasteiger partial charge in [0.05, 0.1) is 16.3 Å². The number of amides is 1. The molecule has 1 aromatic carbocycles. The molecular weight excluding hydrogens is 416 g/mol. The Morgan fingerprint density at radius 2 is 1.77 bits per heavy atom. The van der Waals surface area contributed by atoms with E-state index in [0.29, 0.717) is 5.02 Å². The van der Waals surface area contributed by atoms with Crippen molar-refractivity contribution in [3.05, 3.63) is 45.9 Å². The van der Waals surface area contributed by atoms with Crippen LogP contribution in [-0.4, -0.2) is 57.7 Å². The molecule has 1 saturated heterocycles. The van der Waals surface area contributed by atoms with Gasteiger partial charge in [0.2, 0.25) is 0 Å². The third kappa shape index (κ3) is 3.77. The van der Waals surface area contributed by atoms with Gasteiger partial charge >= 0.3 is 0 Å². The molecule has 2 fully saturated rings. The zero-order valence-electron chi connectivity index (χ0n) is 17.3. The van der Waals surface area contributed by atoms with Gasteiger partial charge in [-0.15, -0.1) is 11.3 Å². The summed E-state index contributed by atoms with van der Waals surface area (Å²) in [7, 11) is 0. The van der Waals surface area contributed by atoms with Gasteiger partial charge in [0.25, 0.3) is 5.91 Å². The molecule has 7 heteroatoms. The molecule has 0 bridgehead atoms. The summed E-state index contributed by atoms with van der Waals surface area (Å²) in [6, 6.07) is 10.4. The largest absolute Gasteiger partial charge is 0.335 e. The number of hydrogen-bond donors (Lipinski definition) is 0. The summed E-state index contributed by atoms with van der Waals surface area (Å²) in [5, 5.41) is 6.43. The van der Waals surface area contributed by atoms with Crippen LogP contribution in [-0.2, 0) is 0 Å². The minimum atomic E-state index is 0.154. The normalized spacial score (nSPS) is 18.9. The first-order valence-electron chi connectivity index (χ1n) is 10.9. The topological polar surface area (TPSA) is 41.4 Å². The van der Waals surface area contributed by atoms with Crippen LogP contribution in [0, 0.1) is 6.92 Å². The van der Waals surface area contributed by atoms with E-state index in [-0.39, 0.29) is 5.91 Å². The zero-order valence-corrected chi connectivity index (χ0v) is 18.9. The van der Waals surface area contributed by atoms with E-state index < -0.39 is 0 Å². The van der Waals surface area contributed by atoms with E-state index in [4.69, 9.17) is 11.6 Å². The molecule has 5 nitrogen and oxygen atoms in total. The van der Waals surface area contributed by atoms with Crippen LogP contribution in [0.5, 0.6) is 0 Å². The van der Waals surface area contributed by atoms with Gasteiger partial charge < -0.3 is 4.90 Å². The number of benzene rings is 1. The average Bonchev–Trinajstić information content (AvgIpc) is 3.35. The molecule has 3 heterocycles. The van der Waals surface area contributed by atoms with E-state index in [1.807, 2.05) is 46.8 Å². The molecule has 0 N–H and O–H groups in total. The first-order chi connectivity index (χ1) is 14.6. The molecule has 0 unspecified atom stereocenters. The molecule has 1 amide bonds. The van der Waals surface area contributed by atoms with Crippen LogP contribution < -0.4 is 0 Å². The van der Waals surface area contributed by atoms with Gasteiger partial charge in [-0.05, 0) is 50.1 Å². The van der Waals surface area contributed by atoms with Crippen molar-refractivity contribution in [3.63, 3.8) is 0 Å². The summed E-state index contributed by atoms with van der Waals surface area (Å²) in [5.74, 6) is 0.154. The second-order valence-electron chi connectivity index (χ2n) is 8.42. The monoisotopic (exact) mass is 442 g/mol. The third-order valence-corrected chi connectivity index (χ3v) is 7.87. The number of piperazine rings is 1. The Kier molecular flexibility index (Phi) is 5.56. The Hall–Kier alpha value is -1.89.